The minimum Gasteiger partial charge on any atom is -0.390 e. The summed E-state index contributed by atoms with van der Waals surface area (Å²) in [4.78, 5) is 0. The van der Waals surface area contributed by atoms with Crippen molar-refractivity contribution in [3.63, 3.8) is 0 Å². The highest BCUT2D eigenvalue weighted by atomic mass is 16.3. The first-order valence-electron chi connectivity index (χ1n) is 6.05. The maximum absolute atomic E-state index is 9.82. The van der Waals surface area contributed by atoms with Gasteiger partial charge in [0.25, 0.3) is 0 Å². The molecule has 2 heteroatoms. The summed E-state index contributed by atoms with van der Waals surface area (Å²) in [5, 5.41) is 19.4. The second-order valence-electron chi connectivity index (χ2n) is 4.93. The van der Waals surface area contributed by atoms with Crippen molar-refractivity contribution in [2.75, 3.05) is 0 Å². The van der Waals surface area contributed by atoms with Gasteiger partial charge < -0.3 is 10.2 Å². The maximum atomic E-state index is 9.82. The van der Waals surface area contributed by atoms with Crippen molar-refractivity contribution in [1.29, 1.82) is 0 Å². The lowest BCUT2D eigenvalue weighted by Crippen LogP contribution is -2.30. The molecule has 0 aliphatic rings. The molecule has 0 bridgehead atoms. The van der Waals surface area contributed by atoms with E-state index in [9.17, 15) is 10.2 Å². The minimum atomic E-state index is -0.716. The Labute approximate surface area is 99.7 Å². The lowest BCUT2D eigenvalue weighted by atomic mass is 9.93. The largest absolute Gasteiger partial charge is 0.390 e. The zero-order chi connectivity index (χ0) is 12.7. The second-order valence-corrected chi connectivity index (χ2v) is 4.93. The van der Waals surface area contributed by atoms with Crippen molar-refractivity contribution in [3.8, 4) is 0 Å². The molecule has 0 fully saturated rings. The smallest absolute Gasteiger partial charge is 0.0861 e. The topological polar surface area (TPSA) is 40.5 Å². The molecule has 94 valence electrons. The molecule has 0 aromatic carbocycles. The van der Waals surface area contributed by atoms with Crippen molar-refractivity contribution >= 4 is 0 Å². The summed E-state index contributed by atoms with van der Waals surface area (Å²) in [5.74, 6) is 1.06. The third kappa shape index (κ3) is 5.47. The number of aliphatic hydroxyl groups excluding tert-OH is 2. The number of hydrogen-bond acceptors (Lipinski definition) is 2. The Morgan fingerprint density at radius 3 is 1.94 bits per heavy atom. The van der Waals surface area contributed by atoms with Crippen LogP contribution in [-0.2, 0) is 0 Å². The SMILES string of the molecule is C=CC[C@H](O)[C@@H](O)[C@H](C)/C=C\[C@@H](C)C(C)C. The van der Waals surface area contributed by atoms with E-state index in [1.165, 1.54) is 0 Å². The van der Waals surface area contributed by atoms with Crippen LogP contribution in [0.5, 0.6) is 0 Å². The maximum Gasteiger partial charge on any atom is 0.0861 e. The van der Waals surface area contributed by atoms with E-state index in [2.05, 4.69) is 33.4 Å². The first-order valence-corrected chi connectivity index (χ1v) is 6.05. The van der Waals surface area contributed by atoms with Gasteiger partial charge in [-0.2, -0.15) is 0 Å². The predicted octanol–water partition coefficient (Wildman–Crippen LogP) is 2.77. The second kappa shape index (κ2) is 7.64. The van der Waals surface area contributed by atoms with Crippen LogP contribution in [0, 0.1) is 17.8 Å². The molecular formula is C14H26O2. The monoisotopic (exact) mass is 226 g/mol. The highest BCUT2D eigenvalue weighted by molar-refractivity contribution is 4.95. The van der Waals surface area contributed by atoms with Gasteiger partial charge >= 0.3 is 0 Å². The van der Waals surface area contributed by atoms with Crippen LogP contribution >= 0.6 is 0 Å². The molecule has 16 heavy (non-hydrogen) atoms. The van der Waals surface area contributed by atoms with E-state index in [0.29, 0.717) is 18.3 Å². The van der Waals surface area contributed by atoms with E-state index in [1.807, 2.05) is 13.0 Å². The Morgan fingerprint density at radius 1 is 1.00 bits per heavy atom. The molecule has 0 heterocycles. The summed E-state index contributed by atoms with van der Waals surface area (Å²) < 4.78 is 0. The molecule has 0 aliphatic heterocycles. The van der Waals surface area contributed by atoms with Gasteiger partial charge in [-0.1, -0.05) is 45.9 Å². The summed E-state index contributed by atoms with van der Waals surface area (Å²) in [7, 11) is 0. The number of rotatable bonds is 7. The molecule has 0 saturated carbocycles. The van der Waals surface area contributed by atoms with Crippen molar-refractivity contribution in [1.82, 2.24) is 0 Å². The molecule has 2 N–H and O–H groups in total. The van der Waals surface area contributed by atoms with E-state index < -0.39 is 12.2 Å². The first-order chi connectivity index (χ1) is 7.40. The first kappa shape index (κ1) is 15.4. The van der Waals surface area contributed by atoms with Gasteiger partial charge in [-0.3, -0.25) is 0 Å². The Kier molecular flexibility index (Phi) is 7.35. The van der Waals surface area contributed by atoms with Crippen LogP contribution in [0.3, 0.4) is 0 Å². The van der Waals surface area contributed by atoms with Crippen LogP contribution < -0.4 is 0 Å². The molecule has 0 aliphatic carbocycles. The molecule has 0 aromatic heterocycles. The summed E-state index contributed by atoms with van der Waals surface area (Å²) in [6.07, 6.45) is 4.72. The summed E-state index contributed by atoms with van der Waals surface area (Å²) in [5.41, 5.74) is 0. The van der Waals surface area contributed by atoms with Gasteiger partial charge in [-0.15, -0.1) is 6.58 Å². The molecular weight excluding hydrogens is 200 g/mol. The van der Waals surface area contributed by atoms with Gasteiger partial charge in [-0.25, -0.2) is 0 Å². The fourth-order valence-corrected chi connectivity index (χ4v) is 1.35. The van der Waals surface area contributed by atoms with E-state index in [0.717, 1.165) is 0 Å². The molecule has 0 rings (SSSR count). The Balaban J connectivity index is 4.23. The molecule has 0 aromatic rings. The Bertz CT molecular complexity index is 221. The quantitative estimate of drug-likeness (QED) is 0.655. The number of allylic oxidation sites excluding steroid dienone is 1. The van der Waals surface area contributed by atoms with Crippen molar-refractivity contribution in [3.05, 3.63) is 24.8 Å². The van der Waals surface area contributed by atoms with Gasteiger partial charge in [0.1, 0.15) is 0 Å². The van der Waals surface area contributed by atoms with E-state index in [1.54, 1.807) is 6.08 Å². The van der Waals surface area contributed by atoms with Crippen LogP contribution in [0.4, 0.5) is 0 Å². The average Bonchev–Trinajstić information content (AvgIpc) is 2.24. The van der Waals surface area contributed by atoms with E-state index >= 15 is 0 Å². The third-order valence-electron chi connectivity index (χ3n) is 3.11. The fourth-order valence-electron chi connectivity index (χ4n) is 1.35. The van der Waals surface area contributed by atoms with E-state index in [4.69, 9.17) is 0 Å². The van der Waals surface area contributed by atoms with Gasteiger partial charge in [-0.05, 0) is 18.3 Å². The lowest BCUT2D eigenvalue weighted by molar-refractivity contribution is 0.000770. The molecule has 0 amide bonds. The Morgan fingerprint density at radius 2 is 1.50 bits per heavy atom. The Hall–Kier alpha value is -0.600. The summed E-state index contributed by atoms with van der Waals surface area (Å²) in [6, 6.07) is 0. The normalized spacial score (nSPS) is 19.7. The average molecular weight is 226 g/mol. The number of hydrogen-bond donors (Lipinski definition) is 2. The van der Waals surface area contributed by atoms with Gasteiger partial charge in [0.2, 0.25) is 0 Å². The fraction of sp³-hybridized carbons (Fsp3) is 0.714. The van der Waals surface area contributed by atoms with Crippen LogP contribution in [0.25, 0.3) is 0 Å². The molecule has 2 nitrogen and oxygen atoms in total. The van der Waals surface area contributed by atoms with Crippen molar-refractivity contribution in [2.24, 2.45) is 17.8 Å². The summed E-state index contributed by atoms with van der Waals surface area (Å²) in [6.45, 7) is 12.0. The number of aliphatic hydroxyl groups is 2. The van der Waals surface area contributed by atoms with Gasteiger partial charge in [0.05, 0.1) is 12.2 Å². The van der Waals surface area contributed by atoms with Crippen LogP contribution in [-0.4, -0.2) is 22.4 Å². The van der Waals surface area contributed by atoms with Crippen molar-refractivity contribution in [2.45, 2.75) is 46.3 Å². The zero-order valence-electron chi connectivity index (χ0n) is 10.9. The molecule has 4 atom stereocenters. The molecule has 0 unspecified atom stereocenters. The highest BCUT2D eigenvalue weighted by Crippen LogP contribution is 2.16. The minimum absolute atomic E-state index is 0.0313. The van der Waals surface area contributed by atoms with Gasteiger partial charge in [0, 0.05) is 5.92 Å². The van der Waals surface area contributed by atoms with E-state index in [-0.39, 0.29) is 5.92 Å². The standard InChI is InChI=1S/C14H26O2/c1-6-7-13(15)14(16)12(5)9-8-11(4)10(2)3/h6,8-16H,1,7H2,2-5H3/b9-8-/t11-,12-,13+,14+/m1/s1. The lowest BCUT2D eigenvalue weighted by Gasteiger charge is -2.21. The molecule has 0 saturated heterocycles. The highest BCUT2D eigenvalue weighted by Gasteiger charge is 2.19. The van der Waals surface area contributed by atoms with Crippen molar-refractivity contribution < 1.29 is 10.2 Å². The molecule has 0 spiro atoms. The zero-order valence-corrected chi connectivity index (χ0v) is 10.9. The van der Waals surface area contributed by atoms with Gasteiger partial charge in [0.15, 0.2) is 0 Å². The van der Waals surface area contributed by atoms with Crippen LogP contribution in [0.1, 0.15) is 34.1 Å². The summed E-state index contributed by atoms with van der Waals surface area (Å²) >= 11 is 0. The predicted molar refractivity (Wildman–Crippen MR) is 69.1 cm³/mol. The van der Waals surface area contributed by atoms with Crippen LogP contribution in [0.2, 0.25) is 0 Å². The third-order valence-corrected chi connectivity index (χ3v) is 3.11. The van der Waals surface area contributed by atoms with Crippen LogP contribution in [0.15, 0.2) is 24.8 Å². The molecule has 0 radical (unpaired) electrons.